The number of nitrogens with one attached hydrogen (secondary N) is 3. The molecule has 0 heterocycles. The minimum Gasteiger partial charge on any atom is -0.508 e. The van der Waals surface area contributed by atoms with Crippen LogP contribution in [-0.2, 0) is 20.7 Å². The van der Waals surface area contributed by atoms with Gasteiger partial charge < -0.3 is 30.9 Å². The number of carboxylic acid groups (broad SMARTS) is 1. The Labute approximate surface area is 226 Å². The van der Waals surface area contributed by atoms with Crippen molar-refractivity contribution < 1.29 is 38.9 Å². The zero-order valence-electron chi connectivity index (χ0n) is 22.9. The molecule has 2 aromatic carbocycles. The second kappa shape index (κ2) is 12.4. The molecule has 0 saturated carbocycles. The number of hydrogen-bond acceptors (Lipinski definition) is 7. The minimum absolute atomic E-state index is 0.110. The van der Waals surface area contributed by atoms with Crippen molar-refractivity contribution in [2.45, 2.75) is 59.6 Å². The maximum absolute atomic E-state index is 13.4. The molecule has 2 rings (SSSR count). The molecule has 3 amide bonds. The van der Waals surface area contributed by atoms with Crippen molar-refractivity contribution in [1.29, 1.82) is 0 Å². The first-order valence-corrected chi connectivity index (χ1v) is 12.2. The van der Waals surface area contributed by atoms with Crippen LogP contribution in [-0.4, -0.2) is 58.1 Å². The Morgan fingerprint density at radius 2 is 1.62 bits per heavy atom. The summed E-state index contributed by atoms with van der Waals surface area (Å²) in [6, 6.07) is 8.84. The van der Waals surface area contributed by atoms with Gasteiger partial charge in [0.05, 0.1) is 0 Å². The maximum Gasteiger partial charge on any atom is 0.408 e. The molecule has 0 aliphatic carbocycles. The molecule has 0 fully saturated rings. The zero-order valence-corrected chi connectivity index (χ0v) is 22.9. The van der Waals surface area contributed by atoms with Crippen LogP contribution in [0.2, 0.25) is 0 Å². The first-order chi connectivity index (χ1) is 18.0. The predicted molar refractivity (Wildman–Crippen MR) is 144 cm³/mol. The van der Waals surface area contributed by atoms with Crippen LogP contribution in [0.3, 0.4) is 0 Å². The van der Waals surface area contributed by atoms with Gasteiger partial charge in [-0.05, 0) is 56.7 Å². The number of carboxylic acids is 1. The van der Waals surface area contributed by atoms with Crippen LogP contribution in [0.1, 0.15) is 67.8 Å². The number of Topliss-reactive ketones (excluding diaryl/α,β-unsaturated/α-hetero) is 1. The number of rotatable bonds is 9. The van der Waals surface area contributed by atoms with Crippen molar-refractivity contribution >= 4 is 35.3 Å². The predicted octanol–water partition coefficient (Wildman–Crippen LogP) is 3.51. The van der Waals surface area contributed by atoms with E-state index in [1.54, 1.807) is 41.5 Å². The lowest BCUT2D eigenvalue weighted by Crippen LogP contribution is -2.47. The SMILES string of the molecule is CC(C)(C)OC(=O)N[C@@H](Cc1ccc(O)cc1C(=O)C(C)(C)C)C(=O)Nc1cccc(C(=O)NCC(=O)O)c1. The number of amides is 3. The summed E-state index contributed by atoms with van der Waals surface area (Å²) < 4.78 is 5.32. The van der Waals surface area contributed by atoms with E-state index >= 15 is 0 Å². The Bertz CT molecular complexity index is 1260. The van der Waals surface area contributed by atoms with Crippen LogP contribution in [0.15, 0.2) is 42.5 Å². The Balaban J connectivity index is 2.37. The fourth-order valence-corrected chi connectivity index (χ4v) is 3.46. The van der Waals surface area contributed by atoms with E-state index in [1.165, 1.54) is 42.5 Å². The van der Waals surface area contributed by atoms with Crippen LogP contribution in [0.25, 0.3) is 0 Å². The van der Waals surface area contributed by atoms with Crippen LogP contribution < -0.4 is 16.0 Å². The molecule has 0 saturated heterocycles. The van der Waals surface area contributed by atoms with Crippen molar-refractivity contribution in [3.8, 4) is 5.75 Å². The molecule has 2 aromatic rings. The Kier molecular flexibility index (Phi) is 9.81. The molecule has 210 valence electrons. The standard InChI is InChI=1S/C28H35N3O8/c1-27(2,3)23(35)20-14-19(32)11-10-16(20)13-21(31-26(38)39-28(4,5)6)25(37)30-18-9-7-8-17(12-18)24(36)29-15-22(33)34/h7-12,14,21,32H,13,15H2,1-6H3,(H,29,36)(H,30,37)(H,31,38)(H,33,34)/t21-/m0/s1. The Morgan fingerprint density at radius 3 is 2.21 bits per heavy atom. The van der Waals surface area contributed by atoms with Crippen LogP contribution >= 0.6 is 0 Å². The van der Waals surface area contributed by atoms with E-state index in [1.807, 2.05) is 0 Å². The summed E-state index contributed by atoms with van der Waals surface area (Å²) in [5, 5.41) is 26.2. The summed E-state index contributed by atoms with van der Waals surface area (Å²) >= 11 is 0. The van der Waals surface area contributed by atoms with Crippen molar-refractivity contribution in [1.82, 2.24) is 10.6 Å². The first kappa shape index (κ1) is 30.8. The van der Waals surface area contributed by atoms with Gasteiger partial charge in [0.25, 0.3) is 5.91 Å². The smallest absolute Gasteiger partial charge is 0.408 e. The Hall–Kier alpha value is -4.41. The number of benzene rings is 2. The van der Waals surface area contributed by atoms with E-state index in [0.29, 0.717) is 5.56 Å². The normalized spacial score (nSPS) is 12.2. The molecule has 0 aliphatic heterocycles. The molecule has 11 heteroatoms. The Morgan fingerprint density at radius 1 is 0.949 bits per heavy atom. The van der Waals surface area contributed by atoms with E-state index in [-0.39, 0.29) is 34.8 Å². The molecular formula is C28H35N3O8. The molecule has 0 aromatic heterocycles. The number of phenolic OH excluding ortho intramolecular Hbond substituents is 1. The minimum atomic E-state index is -1.21. The molecule has 0 bridgehead atoms. The second-order valence-electron chi connectivity index (χ2n) is 11.0. The molecule has 1 atom stereocenters. The number of carbonyl (C=O) groups is 5. The average molecular weight is 542 g/mol. The zero-order chi connectivity index (χ0) is 29.5. The van der Waals surface area contributed by atoms with Crippen molar-refractivity contribution in [3.05, 3.63) is 59.2 Å². The topological polar surface area (TPSA) is 171 Å². The van der Waals surface area contributed by atoms with Crippen LogP contribution in [0.4, 0.5) is 10.5 Å². The van der Waals surface area contributed by atoms with Gasteiger partial charge in [-0.3, -0.25) is 19.2 Å². The van der Waals surface area contributed by atoms with E-state index < -0.39 is 47.5 Å². The highest BCUT2D eigenvalue weighted by atomic mass is 16.6. The lowest BCUT2D eigenvalue weighted by atomic mass is 9.83. The van der Waals surface area contributed by atoms with Gasteiger partial charge in [0.1, 0.15) is 23.9 Å². The molecule has 0 radical (unpaired) electrons. The van der Waals surface area contributed by atoms with E-state index in [0.717, 1.165) is 0 Å². The van der Waals surface area contributed by atoms with Gasteiger partial charge in [0, 0.05) is 28.7 Å². The third kappa shape index (κ3) is 9.76. The highest BCUT2D eigenvalue weighted by Gasteiger charge is 2.30. The van der Waals surface area contributed by atoms with Gasteiger partial charge in [-0.1, -0.05) is 32.9 Å². The number of phenols is 1. The molecule has 39 heavy (non-hydrogen) atoms. The van der Waals surface area contributed by atoms with Gasteiger partial charge in [0.15, 0.2) is 5.78 Å². The first-order valence-electron chi connectivity index (χ1n) is 12.2. The molecule has 5 N–H and O–H groups in total. The summed E-state index contributed by atoms with van der Waals surface area (Å²) in [7, 11) is 0. The molecule has 0 unspecified atom stereocenters. The van der Waals surface area contributed by atoms with E-state index in [9.17, 15) is 29.1 Å². The van der Waals surface area contributed by atoms with E-state index in [2.05, 4.69) is 16.0 Å². The fourth-order valence-electron chi connectivity index (χ4n) is 3.46. The largest absolute Gasteiger partial charge is 0.508 e. The van der Waals surface area contributed by atoms with Crippen LogP contribution in [0.5, 0.6) is 5.75 Å². The highest BCUT2D eigenvalue weighted by molar-refractivity contribution is 6.02. The number of aromatic hydroxyl groups is 1. The summed E-state index contributed by atoms with van der Waals surface area (Å²) in [6.07, 6.45) is -0.965. The van der Waals surface area contributed by atoms with Crippen molar-refractivity contribution in [3.63, 3.8) is 0 Å². The summed E-state index contributed by atoms with van der Waals surface area (Å²) in [6.45, 7) is 9.62. The summed E-state index contributed by atoms with van der Waals surface area (Å²) in [5.41, 5.74) is -0.651. The number of ketones is 1. The third-order valence-corrected chi connectivity index (χ3v) is 5.24. The number of ether oxygens (including phenoxy) is 1. The number of alkyl carbamates (subject to hydrolysis) is 1. The number of anilines is 1. The van der Waals surface area contributed by atoms with Gasteiger partial charge in [-0.2, -0.15) is 0 Å². The van der Waals surface area contributed by atoms with Crippen molar-refractivity contribution in [2.24, 2.45) is 5.41 Å². The highest BCUT2D eigenvalue weighted by Crippen LogP contribution is 2.27. The van der Waals surface area contributed by atoms with Gasteiger partial charge >= 0.3 is 12.1 Å². The third-order valence-electron chi connectivity index (χ3n) is 5.24. The second-order valence-corrected chi connectivity index (χ2v) is 11.0. The number of hydrogen-bond donors (Lipinski definition) is 5. The average Bonchev–Trinajstić information content (AvgIpc) is 2.80. The van der Waals surface area contributed by atoms with E-state index in [4.69, 9.17) is 9.84 Å². The summed E-state index contributed by atoms with van der Waals surface area (Å²) in [5.74, 6) is -2.89. The van der Waals surface area contributed by atoms with Crippen LogP contribution in [0, 0.1) is 5.41 Å². The monoisotopic (exact) mass is 541 g/mol. The van der Waals surface area contributed by atoms with Gasteiger partial charge in [-0.15, -0.1) is 0 Å². The maximum atomic E-state index is 13.4. The molecule has 0 spiro atoms. The van der Waals surface area contributed by atoms with Crippen molar-refractivity contribution in [2.75, 3.05) is 11.9 Å². The lowest BCUT2D eigenvalue weighted by molar-refractivity contribution is -0.135. The fraction of sp³-hybridized carbons (Fsp3) is 0.393. The quantitative estimate of drug-likeness (QED) is 0.300. The molecule has 11 nitrogen and oxygen atoms in total. The summed E-state index contributed by atoms with van der Waals surface area (Å²) in [4.78, 5) is 62.0. The molecular weight excluding hydrogens is 506 g/mol. The number of aliphatic carboxylic acids is 1. The van der Waals surface area contributed by atoms with Gasteiger partial charge in [0.2, 0.25) is 5.91 Å². The lowest BCUT2D eigenvalue weighted by Gasteiger charge is -2.25. The number of carbonyl (C=O) groups excluding carboxylic acids is 4. The van der Waals surface area contributed by atoms with Gasteiger partial charge in [-0.25, -0.2) is 4.79 Å². The molecule has 0 aliphatic rings.